The van der Waals surface area contributed by atoms with Crippen LogP contribution in [0, 0.1) is 0 Å². The number of fused-ring (bicyclic) bond motifs is 2. The van der Waals surface area contributed by atoms with Crippen molar-refractivity contribution in [2.45, 2.75) is 24.9 Å². The highest BCUT2D eigenvalue weighted by atomic mass is 16.5. The van der Waals surface area contributed by atoms with E-state index in [-0.39, 0.29) is 23.7 Å². The number of piperazine rings is 1. The Morgan fingerprint density at radius 3 is 2.46 bits per heavy atom. The van der Waals surface area contributed by atoms with E-state index in [2.05, 4.69) is 9.88 Å². The molecule has 2 bridgehead atoms. The summed E-state index contributed by atoms with van der Waals surface area (Å²) >= 11 is 0. The molecular weight excluding hydrogens is 334 g/mol. The molecule has 2 aliphatic rings. The lowest BCUT2D eigenvalue weighted by molar-refractivity contribution is 0.0959. The Balaban J connectivity index is 1.68. The monoisotopic (exact) mass is 355 g/mol. The van der Waals surface area contributed by atoms with Crippen molar-refractivity contribution in [1.82, 2.24) is 19.4 Å². The van der Waals surface area contributed by atoms with E-state index in [0.29, 0.717) is 24.7 Å². The van der Waals surface area contributed by atoms with Gasteiger partial charge in [0, 0.05) is 44.2 Å². The molecule has 2 atom stereocenters. The van der Waals surface area contributed by atoms with Crippen LogP contribution in [0.5, 0.6) is 0 Å². The predicted octanol–water partition coefficient (Wildman–Crippen LogP) is 1.26. The molecular formula is C18H21N5O3. The number of hydrogen-bond acceptors (Lipinski definition) is 6. The van der Waals surface area contributed by atoms with Crippen LogP contribution in [-0.4, -0.2) is 57.8 Å². The Bertz CT molecular complexity index is 868. The summed E-state index contributed by atoms with van der Waals surface area (Å²) in [6.07, 6.45) is 4.97. The maximum absolute atomic E-state index is 12.5. The first kappa shape index (κ1) is 16.6. The minimum absolute atomic E-state index is 0.0858. The van der Waals surface area contributed by atoms with Crippen molar-refractivity contribution in [1.29, 1.82) is 0 Å². The highest BCUT2D eigenvalue weighted by Gasteiger charge is 2.44. The second-order valence-corrected chi connectivity index (χ2v) is 6.74. The number of amides is 1. The Morgan fingerprint density at radius 1 is 1.19 bits per heavy atom. The fourth-order valence-electron chi connectivity index (χ4n) is 3.95. The van der Waals surface area contributed by atoms with Gasteiger partial charge in [-0.05, 0) is 25.0 Å². The highest BCUT2D eigenvalue weighted by Crippen LogP contribution is 2.32. The Hall–Kier alpha value is -2.90. The van der Waals surface area contributed by atoms with Gasteiger partial charge in [0.2, 0.25) is 5.95 Å². The van der Waals surface area contributed by atoms with Crippen LogP contribution >= 0.6 is 0 Å². The average molecular weight is 355 g/mol. The predicted molar refractivity (Wildman–Crippen MR) is 96.0 cm³/mol. The number of aromatic nitrogens is 3. The summed E-state index contributed by atoms with van der Waals surface area (Å²) in [5.74, 6) is 0.630. The number of anilines is 1. The Kier molecular flexibility index (Phi) is 4.10. The second-order valence-electron chi connectivity index (χ2n) is 6.74. The van der Waals surface area contributed by atoms with E-state index >= 15 is 0 Å². The zero-order chi connectivity index (χ0) is 18.3. The number of carbonyl (C=O) groups is 1. The molecule has 0 radical (unpaired) electrons. The Labute approximate surface area is 151 Å². The quantitative estimate of drug-likeness (QED) is 0.807. The third-order valence-electron chi connectivity index (χ3n) is 5.24. The second kappa shape index (κ2) is 6.44. The van der Waals surface area contributed by atoms with Crippen LogP contribution in [0.4, 0.5) is 10.7 Å². The molecule has 8 nitrogen and oxygen atoms in total. The van der Waals surface area contributed by atoms with Gasteiger partial charge in [-0.3, -0.25) is 19.2 Å². The van der Waals surface area contributed by atoms with Gasteiger partial charge in [-0.15, -0.1) is 0 Å². The van der Waals surface area contributed by atoms with E-state index in [0.717, 1.165) is 18.4 Å². The molecule has 4 rings (SSSR count). The largest absolute Gasteiger partial charge is 0.453 e. The van der Waals surface area contributed by atoms with E-state index in [1.54, 1.807) is 24.0 Å². The standard InChI is InChI=1S/C18H21N5O3/c1-21-16(24)9-15(12-5-7-19-8-6-12)20-17(21)22-10-13-3-4-14(11-22)23(13)18(25)26-2/h5-9,13-14H,3-4,10-11H2,1-2H3/t13-,14?/m1/s1. The van der Waals surface area contributed by atoms with Crippen molar-refractivity contribution in [3.8, 4) is 11.3 Å². The summed E-state index contributed by atoms with van der Waals surface area (Å²) in [5.41, 5.74) is 1.38. The van der Waals surface area contributed by atoms with Crippen LogP contribution in [0.2, 0.25) is 0 Å². The molecule has 0 N–H and O–H groups in total. The fourth-order valence-corrected chi connectivity index (χ4v) is 3.95. The SMILES string of the molecule is COC(=O)N1C2CC[C@@H]1CN(c1nc(-c3ccncc3)cc(=O)n1C)C2. The molecule has 1 amide bonds. The van der Waals surface area contributed by atoms with E-state index < -0.39 is 0 Å². The van der Waals surface area contributed by atoms with Gasteiger partial charge in [0.15, 0.2) is 0 Å². The van der Waals surface area contributed by atoms with Gasteiger partial charge < -0.3 is 9.64 Å². The zero-order valence-electron chi connectivity index (χ0n) is 14.8. The smallest absolute Gasteiger partial charge is 0.410 e. The van der Waals surface area contributed by atoms with Gasteiger partial charge in [-0.1, -0.05) is 0 Å². The van der Waals surface area contributed by atoms with Gasteiger partial charge in [0.05, 0.1) is 24.9 Å². The summed E-state index contributed by atoms with van der Waals surface area (Å²) in [6.45, 7) is 1.29. The first-order chi connectivity index (χ1) is 12.6. The van der Waals surface area contributed by atoms with Crippen molar-refractivity contribution in [3.05, 3.63) is 40.9 Å². The van der Waals surface area contributed by atoms with Crippen LogP contribution in [0.3, 0.4) is 0 Å². The molecule has 4 heterocycles. The number of nitrogens with zero attached hydrogens (tertiary/aromatic N) is 5. The van der Waals surface area contributed by atoms with Crippen molar-refractivity contribution in [2.75, 3.05) is 25.1 Å². The van der Waals surface area contributed by atoms with E-state index in [1.807, 2.05) is 17.0 Å². The maximum Gasteiger partial charge on any atom is 0.410 e. The summed E-state index contributed by atoms with van der Waals surface area (Å²) in [6, 6.07) is 5.39. The molecule has 2 aromatic heterocycles. The highest BCUT2D eigenvalue weighted by molar-refractivity contribution is 5.69. The molecule has 2 fully saturated rings. The third-order valence-corrected chi connectivity index (χ3v) is 5.24. The molecule has 8 heteroatoms. The lowest BCUT2D eigenvalue weighted by Gasteiger charge is -2.40. The average Bonchev–Trinajstić information content (AvgIpc) is 2.93. The number of rotatable bonds is 2. The molecule has 0 saturated carbocycles. The minimum Gasteiger partial charge on any atom is -0.453 e. The number of carbonyl (C=O) groups excluding carboxylic acids is 1. The number of methoxy groups -OCH3 is 1. The molecule has 136 valence electrons. The summed E-state index contributed by atoms with van der Waals surface area (Å²) in [5, 5.41) is 0. The first-order valence-corrected chi connectivity index (χ1v) is 8.68. The van der Waals surface area contributed by atoms with Crippen LogP contribution in [0.15, 0.2) is 35.4 Å². The van der Waals surface area contributed by atoms with E-state index in [9.17, 15) is 9.59 Å². The Morgan fingerprint density at radius 2 is 1.85 bits per heavy atom. The van der Waals surface area contributed by atoms with Gasteiger partial charge in [-0.2, -0.15) is 0 Å². The summed E-state index contributed by atoms with van der Waals surface area (Å²) < 4.78 is 6.49. The van der Waals surface area contributed by atoms with E-state index in [1.165, 1.54) is 13.2 Å². The molecule has 0 aromatic carbocycles. The number of pyridine rings is 1. The van der Waals surface area contributed by atoms with Crippen LogP contribution < -0.4 is 10.5 Å². The lowest BCUT2D eigenvalue weighted by Crippen LogP contribution is -2.56. The topological polar surface area (TPSA) is 80.6 Å². The van der Waals surface area contributed by atoms with Crippen LogP contribution in [-0.2, 0) is 11.8 Å². The third kappa shape index (κ3) is 2.71. The van der Waals surface area contributed by atoms with Gasteiger partial charge in [0.1, 0.15) is 0 Å². The maximum atomic E-state index is 12.5. The zero-order valence-corrected chi connectivity index (χ0v) is 14.8. The van der Waals surface area contributed by atoms with Crippen LogP contribution in [0.1, 0.15) is 12.8 Å². The van der Waals surface area contributed by atoms with Crippen molar-refractivity contribution in [3.63, 3.8) is 0 Å². The lowest BCUT2D eigenvalue weighted by atomic mass is 10.2. The molecule has 1 unspecified atom stereocenters. The molecule has 2 saturated heterocycles. The molecule has 0 spiro atoms. The summed E-state index contributed by atoms with van der Waals surface area (Å²) in [4.78, 5) is 37.2. The van der Waals surface area contributed by atoms with Crippen molar-refractivity contribution in [2.24, 2.45) is 7.05 Å². The van der Waals surface area contributed by atoms with Gasteiger partial charge >= 0.3 is 6.09 Å². The van der Waals surface area contributed by atoms with Gasteiger partial charge in [-0.25, -0.2) is 9.78 Å². The van der Waals surface area contributed by atoms with Crippen LogP contribution in [0.25, 0.3) is 11.3 Å². The van der Waals surface area contributed by atoms with Crippen molar-refractivity contribution < 1.29 is 9.53 Å². The number of ether oxygens (including phenoxy) is 1. The van der Waals surface area contributed by atoms with Gasteiger partial charge in [0.25, 0.3) is 5.56 Å². The first-order valence-electron chi connectivity index (χ1n) is 8.68. The summed E-state index contributed by atoms with van der Waals surface area (Å²) in [7, 11) is 3.15. The molecule has 26 heavy (non-hydrogen) atoms. The normalized spacial score (nSPS) is 21.8. The van der Waals surface area contributed by atoms with E-state index in [4.69, 9.17) is 9.72 Å². The molecule has 2 aromatic rings. The van der Waals surface area contributed by atoms with Crippen molar-refractivity contribution >= 4 is 12.0 Å². The minimum atomic E-state index is -0.274. The fraction of sp³-hybridized carbons (Fsp3) is 0.444. The number of hydrogen-bond donors (Lipinski definition) is 0. The molecule has 2 aliphatic heterocycles. The molecule has 0 aliphatic carbocycles.